The topological polar surface area (TPSA) is 59.6 Å². The summed E-state index contributed by atoms with van der Waals surface area (Å²) in [6.45, 7) is 5.36. The maximum absolute atomic E-state index is 5.67. The molecule has 1 aliphatic rings. The molecule has 0 aromatic carbocycles. The summed E-state index contributed by atoms with van der Waals surface area (Å²) in [5.41, 5.74) is 7.13. The first kappa shape index (κ1) is 12.0. The van der Waals surface area contributed by atoms with Crippen molar-refractivity contribution in [1.29, 1.82) is 0 Å². The molecule has 1 heterocycles. The summed E-state index contributed by atoms with van der Waals surface area (Å²) in [5.74, 6) is 0.560. The van der Waals surface area contributed by atoms with Crippen LogP contribution >= 0.6 is 0 Å². The van der Waals surface area contributed by atoms with Crippen LogP contribution < -0.4 is 11.1 Å². The Hall–Kier alpha value is -1.03. The Labute approximate surface area is 91.6 Å². The SMILES string of the molecule is CCCN=C(N)NCCC1=CCOCC1. The molecule has 0 fully saturated rings. The van der Waals surface area contributed by atoms with E-state index in [1.807, 2.05) is 0 Å². The summed E-state index contributed by atoms with van der Waals surface area (Å²) >= 11 is 0. The van der Waals surface area contributed by atoms with Gasteiger partial charge in [-0.2, -0.15) is 0 Å². The van der Waals surface area contributed by atoms with Gasteiger partial charge in [-0.05, 0) is 19.3 Å². The van der Waals surface area contributed by atoms with E-state index in [1.54, 1.807) is 0 Å². The van der Waals surface area contributed by atoms with Crippen molar-refractivity contribution in [2.75, 3.05) is 26.3 Å². The van der Waals surface area contributed by atoms with E-state index in [0.29, 0.717) is 5.96 Å². The molecule has 1 rings (SSSR count). The van der Waals surface area contributed by atoms with Crippen molar-refractivity contribution in [1.82, 2.24) is 5.32 Å². The molecular weight excluding hydrogens is 190 g/mol. The summed E-state index contributed by atoms with van der Waals surface area (Å²) < 4.78 is 5.24. The van der Waals surface area contributed by atoms with Gasteiger partial charge in [0.1, 0.15) is 0 Å². The van der Waals surface area contributed by atoms with Gasteiger partial charge in [-0.1, -0.05) is 18.6 Å². The Morgan fingerprint density at radius 1 is 1.67 bits per heavy atom. The van der Waals surface area contributed by atoms with Gasteiger partial charge in [0.05, 0.1) is 13.2 Å². The normalized spacial score (nSPS) is 17.4. The summed E-state index contributed by atoms with van der Waals surface area (Å²) in [4.78, 5) is 4.16. The number of aliphatic imine (C=N–C) groups is 1. The van der Waals surface area contributed by atoms with Gasteiger partial charge in [0, 0.05) is 13.1 Å². The highest BCUT2D eigenvalue weighted by Gasteiger charge is 2.02. The van der Waals surface area contributed by atoms with Gasteiger partial charge < -0.3 is 15.8 Å². The van der Waals surface area contributed by atoms with Gasteiger partial charge in [-0.25, -0.2) is 0 Å². The second kappa shape index (κ2) is 7.29. The van der Waals surface area contributed by atoms with Crippen molar-refractivity contribution in [3.63, 3.8) is 0 Å². The monoisotopic (exact) mass is 211 g/mol. The van der Waals surface area contributed by atoms with Gasteiger partial charge >= 0.3 is 0 Å². The number of nitrogens with one attached hydrogen (secondary N) is 1. The maximum atomic E-state index is 5.67. The van der Waals surface area contributed by atoms with Crippen molar-refractivity contribution in [3.8, 4) is 0 Å². The number of guanidine groups is 1. The predicted octanol–water partition coefficient (Wildman–Crippen LogP) is 1.04. The smallest absolute Gasteiger partial charge is 0.188 e. The highest BCUT2D eigenvalue weighted by molar-refractivity contribution is 5.77. The van der Waals surface area contributed by atoms with Crippen LogP contribution in [0.3, 0.4) is 0 Å². The van der Waals surface area contributed by atoms with E-state index in [-0.39, 0.29) is 0 Å². The zero-order valence-electron chi connectivity index (χ0n) is 9.46. The van der Waals surface area contributed by atoms with E-state index in [9.17, 15) is 0 Å². The molecule has 0 spiro atoms. The summed E-state index contributed by atoms with van der Waals surface area (Å²) in [6, 6.07) is 0. The Bertz CT molecular complexity index is 236. The van der Waals surface area contributed by atoms with Crippen molar-refractivity contribution in [2.45, 2.75) is 26.2 Å². The van der Waals surface area contributed by atoms with Crippen molar-refractivity contribution in [3.05, 3.63) is 11.6 Å². The number of nitrogens with zero attached hydrogens (tertiary/aromatic N) is 1. The van der Waals surface area contributed by atoms with E-state index < -0.39 is 0 Å². The van der Waals surface area contributed by atoms with Crippen LogP contribution in [0.25, 0.3) is 0 Å². The van der Waals surface area contributed by atoms with Crippen molar-refractivity contribution < 1.29 is 4.74 Å². The molecular formula is C11H21N3O. The Balaban J connectivity index is 2.12. The largest absolute Gasteiger partial charge is 0.377 e. The molecule has 0 saturated carbocycles. The minimum atomic E-state index is 0.560. The van der Waals surface area contributed by atoms with Crippen LogP contribution in [-0.2, 0) is 4.74 Å². The molecule has 1 aliphatic heterocycles. The fourth-order valence-electron chi connectivity index (χ4n) is 1.43. The molecule has 0 aliphatic carbocycles. The van der Waals surface area contributed by atoms with Crippen LogP contribution in [0.4, 0.5) is 0 Å². The average molecular weight is 211 g/mol. The minimum absolute atomic E-state index is 0.560. The Morgan fingerprint density at radius 2 is 2.53 bits per heavy atom. The lowest BCUT2D eigenvalue weighted by Crippen LogP contribution is -2.32. The Kier molecular flexibility index (Phi) is 5.85. The van der Waals surface area contributed by atoms with Gasteiger partial charge in [-0.3, -0.25) is 4.99 Å². The summed E-state index contributed by atoms with van der Waals surface area (Å²) in [6.07, 6.45) is 5.27. The van der Waals surface area contributed by atoms with Crippen LogP contribution in [-0.4, -0.2) is 32.3 Å². The van der Waals surface area contributed by atoms with Crippen LogP contribution in [0.15, 0.2) is 16.6 Å². The van der Waals surface area contributed by atoms with E-state index in [4.69, 9.17) is 10.5 Å². The highest BCUT2D eigenvalue weighted by atomic mass is 16.5. The second-order valence-electron chi connectivity index (χ2n) is 3.63. The maximum Gasteiger partial charge on any atom is 0.188 e. The van der Waals surface area contributed by atoms with Gasteiger partial charge in [0.15, 0.2) is 5.96 Å². The lowest BCUT2D eigenvalue weighted by atomic mass is 10.1. The molecule has 4 nitrogen and oxygen atoms in total. The molecule has 0 unspecified atom stereocenters. The first-order valence-electron chi connectivity index (χ1n) is 5.62. The molecule has 0 amide bonds. The van der Waals surface area contributed by atoms with Gasteiger partial charge in [0.25, 0.3) is 0 Å². The number of rotatable bonds is 5. The highest BCUT2D eigenvalue weighted by Crippen LogP contribution is 2.10. The van der Waals surface area contributed by atoms with E-state index in [1.165, 1.54) is 5.57 Å². The van der Waals surface area contributed by atoms with Crippen LogP contribution in [0.1, 0.15) is 26.2 Å². The summed E-state index contributed by atoms with van der Waals surface area (Å²) in [7, 11) is 0. The van der Waals surface area contributed by atoms with E-state index >= 15 is 0 Å². The number of ether oxygens (including phenoxy) is 1. The van der Waals surface area contributed by atoms with Gasteiger partial charge in [0.2, 0.25) is 0 Å². The fourth-order valence-corrected chi connectivity index (χ4v) is 1.43. The molecule has 86 valence electrons. The third kappa shape index (κ3) is 5.42. The quantitative estimate of drug-likeness (QED) is 0.406. The van der Waals surface area contributed by atoms with Crippen molar-refractivity contribution in [2.24, 2.45) is 10.7 Å². The number of hydrogen-bond acceptors (Lipinski definition) is 2. The van der Waals surface area contributed by atoms with Crippen LogP contribution in [0.2, 0.25) is 0 Å². The third-order valence-corrected chi connectivity index (χ3v) is 2.32. The average Bonchev–Trinajstić information content (AvgIpc) is 2.28. The fraction of sp³-hybridized carbons (Fsp3) is 0.727. The lowest BCUT2D eigenvalue weighted by Gasteiger charge is -2.13. The van der Waals surface area contributed by atoms with E-state index in [0.717, 1.165) is 45.6 Å². The second-order valence-corrected chi connectivity index (χ2v) is 3.63. The zero-order valence-corrected chi connectivity index (χ0v) is 9.46. The first-order valence-corrected chi connectivity index (χ1v) is 5.62. The number of nitrogens with two attached hydrogens (primary N) is 1. The molecule has 0 aromatic heterocycles. The lowest BCUT2D eigenvalue weighted by molar-refractivity contribution is 0.153. The zero-order chi connectivity index (χ0) is 10.9. The van der Waals surface area contributed by atoms with Crippen LogP contribution in [0, 0.1) is 0 Å². The molecule has 15 heavy (non-hydrogen) atoms. The molecule has 0 radical (unpaired) electrons. The van der Waals surface area contributed by atoms with E-state index in [2.05, 4.69) is 23.3 Å². The van der Waals surface area contributed by atoms with Gasteiger partial charge in [-0.15, -0.1) is 0 Å². The first-order chi connectivity index (χ1) is 7.33. The number of hydrogen-bond donors (Lipinski definition) is 2. The van der Waals surface area contributed by atoms with Crippen molar-refractivity contribution >= 4 is 5.96 Å². The minimum Gasteiger partial charge on any atom is -0.377 e. The molecule has 0 atom stereocenters. The Morgan fingerprint density at radius 3 is 3.20 bits per heavy atom. The molecule has 0 aromatic rings. The molecule has 0 bridgehead atoms. The third-order valence-electron chi connectivity index (χ3n) is 2.32. The van der Waals surface area contributed by atoms with Crippen LogP contribution in [0.5, 0.6) is 0 Å². The molecule has 4 heteroatoms. The predicted molar refractivity (Wildman–Crippen MR) is 62.9 cm³/mol. The molecule has 0 saturated heterocycles. The standard InChI is InChI=1S/C11H21N3O/c1-2-6-13-11(12)14-7-3-10-4-8-15-9-5-10/h4H,2-3,5-9H2,1H3,(H3,12,13,14). The molecule has 3 N–H and O–H groups in total. The summed E-state index contributed by atoms with van der Waals surface area (Å²) in [5, 5.41) is 3.11.